The zero-order valence-electron chi connectivity index (χ0n) is 18.7. The lowest BCUT2D eigenvalue weighted by Crippen LogP contribution is -2.41. The van der Waals surface area contributed by atoms with E-state index in [2.05, 4.69) is 5.32 Å². The summed E-state index contributed by atoms with van der Waals surface area (Å²) in [6.45, 7) is 3.90. The highest BCUT2D eigenvalue weighted by atomic mass is 35.5. The Hall–Kier alpha value is -3.06. The van der Waals surface area contributed by atoms with Crippen LogP contribution >= 0.6 is 11.6 Å². The van der Waals surface area contributed by atoms with Gasteiger partial charge >= 0.3 is 6.16 Å². The van der Waals surface area contributed by atoms with Gasteiger partial charge in [-0.2, -0.15) is 0 Å². The number of hydrogen-bond donors (Lipinski definition) is 1. The van der Waals surface area contributed by atoms with Crippen LogP contribution < -0.4 is 10.1 Å². The Labute approximate surface area is 199 Å². The van der Waals surface area contributed by atoms with Crippen molar-refractivity contribution >= 4 is 29.6 Å². The summed E-state index contributed by atoms with van der Waals surface area (Å²) in [6.07, 6.45) is 2.14. The Balaban J connectivity index is 1.36. The molecule has 1 heterocycles. The predicted molar refractivity (Wildman–Crippen MR) is 126 cm³/mol. The molecule has 33 heavy (non-hydrogen) atoms. The van der Waals surface area contributed by atoms with Crippen LogP contribution in [0, 0.1) is 5.92 Å². The number of halogens is 1. The van der Waals surface area contributed by atoms with Crippen LogP contribution in [0.4, 0.5) is 4.79 Å². The lowest BCUT2D eigenvalue weighted by atomic mass is 9.96. The molecule has 3 rings (SSSR count). The standard InChI is InChI=1S/C25H29ClN2O5/c1-2-32-25(31)33-22-10-6-20(7-11-22)24(30)27-17-19-13-15-28(16-14-19)23(29)12-5-18-3-8-21(26)9-4-18/h3-4,6-11,19H,2,5,12-17H2,1H3,(H,27,30). The van der Waals surface area contributed by atoms with Crippen LogP contribution in [0.1, 0.15) is 42.1 Å². The average molecular weight is 473 g/mol. The van der Waals surface area contributed by atoms with Gasteiger partial charge in [0.15, 0.2) is 0 Å². The third-order valence-electron chi connectivity index (χ3n) is 5.64. The van der Waals surface area contributed by atoms with Crippen molar-refractivity contribution in [2.75, 3.05) is 26.2 Å². The molecule has 2 amide bonds. The Kier molecular flexibility index (Phi) is 9.13. The van der Waals surface area contributed by atoms with Crippen molar-refractivity contribution in [1.29, 1.82) is 0 Å². The van der Waals surface area contributed by atoms with Gasteiger partial charge in [-0.05, 0) is 74.1 Å². The molecule has 0 spiro atoms. The Bertz CT molecular complexity index is 938. The number of nitrogens with one attached hydrogen (secondary N) is 1. The van der Waals surface area contributed by atoms with E-state index in [1.807, 2.05) is 29.2 Å². The van der Waals surface area contributed by atoms with E-state index < -0.39 is 6.16 Å². The maximum absolute atomic E-state index is 12.5. The van der Waals surface area contributed by atoms with E-state index in [1.54, 1.807) is 31.2 Å². The SMILES string of the molecule is CCOC(=O)Oc1ccc(C(=O)NCC2CCN(C(=O)CCc3ccc(Cl)cc3)CC2)cc1. The summed E-state index contributed by atoms with van der Waals surface area (Å²) < 4.78 is 9.71. The summed E-state index contributed by atoms with van der Waals surface area (Å²) >= 11 is 5.90. The monoisotopic (exact) mass is 472 g/mol. The highest BCUT2D eigenvalue weighted by molar-refractivity contribution is 6.30. The molecule has 0 atom stereocenters. The molecule has 0 aromatic heterocycles. The second-order valence-electron chi connectivity index (χ2n) is 7.97. The summed E-state index contributed by atoms with van der Waals surface area (Å²) in [7, 11) is 0. The number of likely N-dealkylation sites (tertiary alicyclic amines) is 1. The van der Waals surface area contributed by atoms with Crippen LogP contribution in [-0.4, -0.2) is 49.1 Å². The molecule has 176 valence electrons. The van der Waals surface area contributed by atoms with Gasteiger partial charge in [0, 0.05) is 36.6 Å². The number of hydrogen-bond acceptors (Lipinski definition) is 5. The summed E-state index contributed by atoms with van der Waals surface area (Å²) in [6, 6.07) is 13.9. The number of rotatable bonds is 8. The molecular formula is C25H29ClN2O5. The van der Waals surface area contributed by atoms with E-state index in [4.69, 9.17) is 21.1 Å². The maximum atomic E-state index is 12.5. The number of carbonyl (C=O) groups excluding carboxylic acids is 3. The summed E-state index contributed by atoms with van der Waals surface area (Å²) in [5.41, 5.74) is 1.59. The van der Waals surface area contributed by atoms with Crippen molar-refractivity contribution < 1.29 is 23.9 Å². The van der Waals surface area contributed by atoms with Crippen LogP contribution in [0.5, 0.6) is 5.75 Å². The minimum absolute atomic E-state index is 0.164. The van der Waals surface area contributed by atoms with Gasteiger partial charge in [0.1, 0.15) is 5.75 Å². The molecule has 8 heteroatoms. The van der Waals surface area contributed by atoms with E-state index in [0.29, 0.717) is 54.7 Å². The van der Waals surface area contributed by atoms with Gasteiger partial charge in [-0.3, -0.25) is 9.59 Å². The number of nitrogens with zero attached hydrogens (tertiary/aromatic N) is 1. The third kappa shape index (κ3) is 7.79. The molecule has 1 N–H and O–H groups in total. The largest absolute Gasteiger partial charge is 0.513 e. The molecule has 0 aliphatic carbocycles. The topological polar surface area (TPSA) is 84.9 Å². The Morgan fingerprint density at radius 2 is 1.70 bits per heavy atom. The Morgan fingerprint density at radius 1 is 1.03 bits per heavy atom. The van der Waals surface area contributed by atoms with Crippen LogP contribution in [0.3, 0.4) is 0 Å². The first-order valence-corrected chi connectivity index (χ1v) is 11.6. The third-order valence-corrected chi connectivity index (χ3v) is 5.89. The van der Waals surface area contributed by atoms with Crippen molar-refractivity contribution in [2.45, 2.75) is 32.6 Å². The summed E-state index contributed by atoms with van der Waals surface area (Å²) in [5, 5.41) is 3.65. The smallest absolute Gasteiger partial charge is 0.434 e. The quantitative estimate of drug-likeness (QED) is 0.452. The van der Waals surface area contributed by atoms with Gasteiger partial charge in [0.2, 0.25) is 5.91 Å². The van der Waals surface area contributed by atoms with Crippen molar-refractivity contribution in [3.63, 3.8) is 0 Å². The highest BCUT2D eigenvalue weighted by Crippen LogP contribution is 2.19. The first-order valence-electron chi connectivity index (χ1n) is 11.2. The fraction of sp³-hybridized carbons (Fsp3) is 0.400. The zero-order chi connectivity index (χ0) is 23.6. The van der Waals surface area contributed by atoms with E-state index in [9.17, 15) is 14.4 Å². The minimum atomic E-state index is -0.774. The van der Waals surface area contributed by atoms with Gasteiger partial charge in [-0.15, -0.1) is 0 Å². The van der Waals surface area contributed by atoms with Crippen molar-refractivity contribution in [3.8, 4) is 5.75 Å². The normalized spacial score (nSPS) is 13.9. The fourth-order valence-corrected chi connectivity index (χ4v) is 3.83. The molecule has 0 bridgehead atoms. The number of amides is 2. The van der Waals surface area contributed by atoms with Crippen molar-refractivity contribution in [2.24, 2.45) is 5.92 Å². The van der Waals surface area contributed by atoms with Crippen LogP contribution in [0.25, 0.3) is 0 Å². The summed E-state index contributed by atoms with van der Waals surface area (Å²) in [4.78, 5) is 38.2. The van der Waals surface area contributed by atoms with Crippen molar-refractivity contribution in [1.82, 2.24) is 10.2 Å². The molecule has 0 saturated carbocycles. The van der Waals surface area contributed by atoms with Crippen LogP contribution in [0.2, 0.25) is 5.02 Å². The molecule has 1 aliphatic rings. The lowest BCUT2D eigenvalue weighted by molar-refractivity contribution is -0.132. The Morgan fingerprint density at radius 3 is 2.33 bits per heavy atom. The molecule has 2 aromatic carbocycles. The molecule has 2 aromatic rings. The van der Waals surface area contributed by atoms with E-state index >= 15 is 0 Å². The van der Waals surface area contributed by atoms with Gasteiger partial charge in [0.25, 0.3) is 5.91 Å². The van der Waals surface area contributed by atoms with Crippen LogP contribution in [-0.2, 0) is 16.0 Å². The first kappa shape index (κ1) is 24.6. The van der Waals surface area contributed by atoms with Crippen LogP contribution in [0.15, 0.2) is 48.5 Å². The number of benzene rings is 2. The second-order valence-corrected chi connectivity index (χ2v) is 8.41. The molecule has 1 fully saturated rings. The maximum Gasteiger partial charge on any atom is 0.513 e. The molecular weight excluding hydrogens is 444 g/mol. The first-order chi connectivity index (χ1) is 15.9. The van der Waals surface area contributed by atoms with E-state index in [-0.39, 0.29) is 18.4 Å². The second kappa shape index (κ2) is 12.3. The number of carbonyl (C=O) groups is 3. The van der Waals surface area contributed by atoms with Gasteiger partial charge < -0.3 is 19.7 Å². The van der Waals surface area contributed by atoms with E-state index in [0.717, 1.165) is 18.4 Å². The minimum Gasteiger partial charge on any atom is -0.434 e. The van der Waals surface area contributed by atoms with Gasteiger partial charge in [-0.1, -0.05) is 23.7 Å². The number of ether oxygens (including phenoxy) is 2. The van der Waals surface area contributed by atoms with Crippen molar-refractivity contribution in [3.05, 3.63) is 64.7 Å². The zero-order valence-corrected chi connectivity index (χ0v) is 19.5. The fourth-order valence-electron chi connectivity index (χ4n) is 3.70. The number of aryl methyl sites for hydroxylation is 1. The van der Waals surface area contributed by atoms with Gasteiger partial charge in [0.05, 0.1) is 6.61 Å². The average Bonchev–Trinajstić information content (AvgIpc) is 2.83. The molecule has 1 aliphatic heterocycles. The number of piperidine rings is 1. The molecule has 0 radical (unpaired) electrons. The molecule has 1 saturated heterocycles. The van der Waals surface area contributed by atoms with E-state index in [1.165, 1.54) is 0 Å². The molecule has 0 unspecified atom stereocenters. The highest BCUT2D eigenvalue weighted by Gasteiger charge is 2.23. The van der Waals surface area contributed by atoms with Gasteiger partial charge in [-0.25, -0.2) is 4.79 Å². The molecule has 7 nitrogen and oxygen atoms in total. The predicted octanol–water partition coefficient (Wildman–Crippen LogP) is 4.48. The summed E-state index contributed by atoms with van der Waals surface area (Å²) in [5.74, 6) is 0.635. The lowest BCUT2D eigenvalue weighted by Gasteiger charge is -2.32.